The molecule has 2 fully saturated rings. The molecule has 0 radical (unpaired) electrons. The third-order valence-electron chi connectivity index (χ3n) is 10.4. The first-order chi connectivity index (χ1) is 20.6. The van der Waals surface area contributed by atoms with E-state index in [4.69, 9.17) is 0 Å². The minimum Gasteiger partial charge on any atom is -0.300 e. The highest BCUT2D eigenvalue weighted by Crippen LogP contribution is 2.39. The summed E-state index contributed by atoms with van der Waals surface area (Å²) in [6, 6.07) is 17.9. The quantitative estimate of drug-likeness (QED) is 0.161. The third-order valence-corrected chi connectivity index (χ3v) is 10.4. The standard InChI is InChI=1S/C39H56F2O/c40-29-5-9-33-17-25-37(26-18-33)35-21-13-31(14-22-35)7-1-3-11-39(42)12-4-2-8-32-15-23-36(24-16-32)38-27-19-34(20-28-38)10-6-30-41/h17-20,25-28,31-32,35-36H,1-16,21-24,29-30H2/t31-,32?,35-,36?. The van der Waals surface area contributed by atoms with E-state index in [2.05, 4.69) is 48.5 Å². The highest BCUT2D eigenvalue weighted by Gasteiger charge is 2.23. The SMILES string of the molecule is O=C(CCCCC1CCC(c2ccc(CCCF)cc2)CC1)CCCC[C@H]1CC[C@H](c2ccc(CCCF)cc2)CC1. The van der Waals surface area contributed by atoms with E-state index < -0.39 is 0 Å². The summed E-state index contributed by atoms with van der Waals surface area (Å²) >= 11 is 0. The summed E-state index contributed by atoms with van der Waals surface area (Å²) in [5.74, 6) is 3.52. The third kappa shape index (κ3) is 11.2. The molecule has 0 aliphatic heterocycles. The first kappa shape index (κ1) is 32.9. The van der Waals surface area contributed by atoms with E-state index >= 15 is 0 Å². The molecule has 0 atom stereocenters. The van der Waals surface area contributed by atoms with Crippen molar-refractivity contribution in [2.24, 2.45) is 11.8 Å². The summed E-state index contributed by atoms with van der Waals surface area (Å²) in [6.45, 7) is -0.463. The molecule has 0 bridgehead atoms. The van der Waals surface area contributed by atoms with Gasteiger partial charge < -0.3 is 0 Å². The van der Waals surface area contributed by atoms with Crippen molar-refractivity contribution in [3.05, 3.63) is 70.8 Å². The van der Waals surface area contributed by atoms with E-state index in [9.17, 15) is 13.6 Å². The van der Waals surface area contributed by atoms with Gasteiger partial charge >= 0.3 is 0 Å². The van der Waals surface area contributed by atoms with Gasteiger partial charge in [0.2, 0.25) is 0 Å². The molecule has 0 spiro atoms. The number of carbonyl (C=O) groups is 1. The van der Waals surface area contributed by atoms with Gasteiger partial charge in [-0.25, -0.2) is 0 Å². The first-order valence-corrected chi connectivity index (χ1v) is 17.5. The highest BCUT2D eigenvalue weighted by atomic mass is 19.1. The van der Waals surface area contributed by atoms with Crippen LogP contribution in [0.2, 0.25) is 0 Å². The fourth-order valence-electron chi connectivity index (χ4n) is 7.66. The van der Waals surface area contributed by atoms with Gasteiger partial charge in [-0.15, -0.1) is 0 Å². The maximum absolute atomic E-state index is 12.5. The number of carbonyl (C=O) groups excluding carboxylic acids is 1. The predicted octanol–water partition coefficient (Wildman–Crippen LogP) is 11.4. The van der Waals surface area contributed by atoms with Crippen LogP contribution >= 0.6 is 0 Å². The van der Waals surface area contributed by atoms with E-state index in [1.807, 2.05) is 0 Å². The van der Waals surface area contributed by atoms with Crippen molar-refractivity contribution in [1.82, 2.24) is 0 Å². The molecule has 2 aliphatic rings. The zero-order valence-corrected chi connectivity index (χ0v) is 26.1. The van der Waals surface area contributed by atoms with Gasteiger partial charge in [0, 0.05) is 12.8 Å². The van der Waals surface area contributed by atoms with Gasteiger partial charge in [0.05, 0.1) is 13.3 Å². The lowest BCUT2D eigenvalue weighted by atomic mass is 9.77. The number of hydrogen-bond donors (Lipinski definition) is 0. The lowest BCUT2D eigenvalue weighted by Crippen LogP contribution is -2.13. The zero-order valence-electron chi connectivity index (χ0n) is 26.1. The number of rotatable bonds is 18. The molecule has 0 unspecified atom stereocenters. The van der Waals surface area contributed by atoms with E-state index in [1.54, 1.807) is 0 Å². The van der Waals surface area contributed by atoms with Crippen LogP contribution in [-0.2, 0) is 17.6 Å². The molecule has 2 saturated carbocycles. The molecule has 0 amide bonds. The van der Waals surface area contributed by atoms with Crippen LogP contribution in [0.3, 0.4) is 0 Å². The average Bonchev–Trinajstić information content (AvgIpc) is 3.04. The number of ketones is 1. The Labute approximate surface area is 255 Å². The Morgan fingerprint density at radius 3 is 1.26 bits per heavy atom. The Hall–Kier alpha value is -2.03. The smallest absolute Gasteiger partial charge is 0.132 e. The Morgan fingerprint density at radius 2 is 0.905 bits per heavy atom. The Balaban J connectivity index is 0.990. The van der Waals surface area contributed by atoms with Gasteiger partial charge in [-0.05, 0) is 136 Å². The molecule has 42 heavy (non-hydrogen) atoms. The Kier molecular flexibility index (Phi) is 14.6. The van der Waals surface area contributed by atoms with Gasteiger partial charge in [0.1, 0.15) is 5.78 Å². The fourth-order valence-corrected chi connectivity index (χ4v) is 7.66. The van der Waals surface area contributed by atoms with Crippen LogP contribution in [0.1, 0.15) is 150 Å². The van der Waals surface area contributed by atoms with E-state index in [0.717, 1.165) is 50.4 Å². The lowest BCUT2D eigenvalue weighted by Gasteiger charge is -2.29. The summed E-state index contributed by atoms with van der Waals surface area (Å²) in [7, 11) is 0. The van der Waals surface area contributed by atoms with E-state index in [0.29, 0.717) is 30.5 Å². The summed E-state index contributed by atoms with van der Waals surface area (Å²) in [6.07, 6.45) is 22.0. The van der Waals surface area contributed by atoms with Gasteiger partial charge in [0.15, 0.2) is 0 Å². The molecule has 0 saturated heterocycles. The van der Waals surface area contributed by atoms with Gasteiger partial charge in [-0.2, -0.15) is 0 Å². The normalized spacial score (nSPS) is 22.7. The van der Waals surface area contributed by atoms with Crippen LogP contribution in [0.4, 0.5) is 8.78 Å². The van der Waals surface area contributed by atoms with Crippen LogP contribution < -0.4 is 0 Å². The number of Topliss-reactive ketones (excluding diaryl/α,β-unsaturated/α-hetero) is 1. The summed E-state index contributed by atoms with van der Waals surface area (Å²) < 4.78 is 24.8. The van der Waals surface area contributed by atoms with Crippen molar-refractivity contribution in [3.63, 3.8) is 0 Å². The van der Waals surface area contributed by atoms with Crippen LogP contribution in [0.15, 0.2) is 48.5 Å². The van der Waals surface area contributed by atoms with Crippen molar-refractivity contribution < 1.29 is 13.6 Å². The van der Waals surface area contributed by atoms with Crippen LogP contribution in [0.25, 0.3) is 0 Å². The fraction of sp³-hybridized carbons (Fsp3) is 0.667. The van der Waals surface area contributed by atoms with Crippen molar-refractivity contribution in [1.29, 1.82) is 0 Å². The molecular weight excluding hydrogens is 522 g/mol. The number of halogens is 2. The van der Waals surface area contributed by atoms with E-state index in [1.165, 1.54) is 99.3 Å². The van der Waals surface area contributed by atoms with Crippen molar-refractivity contribution in [3.8, 4) is 0 Å². The Morgan fingerprint density at radius 1 is 0.524 bits per heavy atom. The van der Waals surface area contributed by atoms with Crippen LogP contribution in [0.5, 0.6) is 0 Å². The predicted molar refractivity (Wildman–Crippen MR) is 173 cm³/mol. The van der Waals surface area contributed by atoms with Crippen molar-refractivity contribution in [2.75, 3.05) is 13.3 Å². The molecule has 2 aromatic rings. The van der Waals surface area contributed by atoms with E-state index in [-0.39, 0.29) is 13.3 Å². The van der Waals surface area contributed by atoms with Crippen molar-refractivity contribution >= 4 is 5.78 Å². The number of hydrogen-bond acceptors (Lipinski definition) is 1. The zero-order chi connectivity index (χ0) is 29.4. The molecule has 2 aromatic carbocycles. The highest BCUT2D eigenvalue weighted by molar-refractivity contribution is 5.78. The molecule has 3 heteroatoms. The van der Waals surface area contributed by atoms with Gasteiger partial charge in [-0.1, -0.05) is 74.2 Å². The number of alkyl halides is 2. The average molecular weight is 579 g/mol. The number of benzene rings is 2. The second-order valence-electron chi connectivity index (χ2n) is 13.5. The molecule has 0 aromatic heterocycles. The molecule has 2 aliphatic carbocycles. The van der Waals surface area contributed by atoms with Crippen molar-refractivity contribution in [2.45, 2.75) is 140 Å². The Bertz CT molecular complexity index is 916. The topological polar surface area (TPSA) is 17.1 Å². The second kappa shape index (κ2) is 18.6. The molecule has 232 valence electrons. The monoisotopic (exact) mass is 578 g/mol. The molecule has 4 rings (SSSR count). The van der Waals surface area contributed by atoms with Crippen LogP contribution in [0, 0.1) is 11.8 Å². The summed E-state index contributed by atoms with van der Waals surface area (Å²) in [5.41, 5.74) is 5.43. The lowest BCUT2D eigenvalue weighted by molar-refractivity contribution is -0.119. The number of aryl methyl sites for hydroxylation is 2. The maximum atomic E-state index is 12.5. The largest absolute Gasteiger partial charge is 0.300 e. The molecule has 1 nitrogen and oxygen atoms in total. The number of unbranched alkanes of at least 4 members (excludes halogenated alkanes) is 2. The first-order valence-electron chi connectivity index (χ1n) is 17.5. The van der Waals surface area contributed by atoms with Crippen LogP contribution in [-0.4, -0.2) is 19.1 Å². The minimum absolute atomic E-state index is 0.231. The molecular formula is C39H56F2O. The molecule has 0 heterocycles. The molecule has 0 N–H and O–H groups in total. The van der Waals surface area contributed by atoms with Gasteiger partial charge in [-0.3, -0.25) is 13.6 Å². The van der Waals surface area contributed by atoms with Gasteiger partial charge in [0.25, 0.3) is 0 Å². The second-order valence-corrected chi connectivity index (χ2v) is 13.5. The maximum Gasteiger partial charge on any atom is 0.132 e. The minimum atomic E-state index is -0.231. The summed E-state index contributed by atoms with van der Waals surface area (Å²) in [5, 5.41) is 0. The summed E-state index contributed by atoms with van der Waals surface area (Å²) in [4.78, 5) is 12.5.